The molecule has 0 bridgehead atoms. The van der Waals surface area contributed by atoms with Crippen LogP contribution in [0.15, 0.2) is 88.8 Å². The molecule has 0 aliphatic carbocycles. The van der Waals surface area contributed by atoms with E-state index in [1.165, 1.54) is 11.8 Å². The standard InChI is InChI=1S/C28H26N4O3S/c1-3-24(26(33)29-19-13-15-20(35-2)16-14-19)36-28-31-22-12-8-7-11-21(22)25-30-23(27(34)32(25)28)17-18-9-5-4-6-10-18/h4-16,23-24H,3,17H2,1-2H3,(H,29,33)/t23-,24+/m1/s1. The zero-order valence-corrected chi connectivity index (χ0v) is 20.9. The Morgan fingerprint density at radius 1 is 1.06 bits per heavy atom. The van der Waals surface area contributed by atoms with Gasteiger partial charge in [0, 0.05) is 17.7 Å². The average molecular weight is 499 g/mol. The van der Waals surface area contributed by atoms with E-state index in [-0.39, 0.29) is 11.8 Å². The van der Waals surface area contributed by atoms with E-state index in [0.717, 1.165) is 16.8 Å². The van der Waals surface area contributed by atoms with Crippen molar-refractivity contribution in [1.82, 2.24) is 4.90 Å². The van der Waals surface area contributed by atoms with Crippen LogP contribution in [0.1, 0.15) is 24.5 Å². The number of anilines is 1. The van der Waals surface area contributed by atoms with Crippen molar-refractivity contribution in [3.8, 4) is 5.75 Å². The molecule has 7 nitrogen and oxygen atoms in total. The lowest BCUT2D eigenvalue weighted by Gasteiger charge is -2.27. The summed E-state index contributed by atoms with van der Waals surface area (Å²) in [5, 5.41) is 2.99. The largest absolute Gasteiger partial charge is 0.497 e. The summed E-state index contributed by atoms with van der Waals surface area (Å²) in [6.45, 7) is 1.95. The summed E-state index contributed by atoms with van der Waals surface area (Å²) in [6, 6.07) is 24.2. The predicted octanol–water partition coefficient (Wildman–Crippen LogP) is 5.05. The van der Waals surface area contributed by atoms with Crippen molar-refractivity contribution < 1.29 is 14.3 Å². The first kappa shape index (κ1) is 23.8. The number of rotatable bonds is 7. The molecule has 0 spiro atoms. The highest BCUT2D eigenvalue weighted by molar-refractivity contribution is 8.15. The quantitative estimate of drug-likeness (QED) is 0.494. The van der Waals surface area contributed by atoms with Gasteiger partial charge in [-0.05, 0) is 48.4 Å². The average Bonchev–Trinajstić information content (AvgIpc) is 3.24. The molecule has 0 fully saturated rings. The Morgan fingerprint density at radius 2 is 1.78 bits per heavy atom. The van der Waals surface area contributed by atoms with Crippen molar-refractivity contribution in [2.75, 3.05) is 12.4 Å². The van der Waals surface area contributed by atoms with Crippen molar-refractivity contribution in [3.05, 3.63) is 90.0 Å². The lowest BCUT2D eigenvalue weighted by atomic mass is 10.1. The highest BCUT2D eigenvalue weighted by Gasteiger charge is 2.42. The summed E-state index contributed by atoms with van der Waals surface area (Å²) in [4.78, 5) is 37.9. The third-order valence-corrected chi connectivity index (χ3v) is 7.40. The number of amides is 2. The molecule has 1 N–H and O–H groups in total. The second-order valence-corrected chi connectivity index (χ2v) is 9.65. The van der Waals surface area contributed by atoms with Gasteiger partial charge in [0.05, 0.1) is 18.0 Å². The Hall–Kier alpha value is -3.91. The zero-order valence-electron chi connectivity index (χ0n) is 20.0. The number of thioether (sulfide) groups is 1. The van der Waals surface area contributed by atoms with Crippen LogP contribution in [0.2, 0.25) is 0 Å². The number of methoxy groups -OCH3 is 1. The Morgan fingerprint density at radius 3 is 2.50 bits per heavy atom. The van der Waals surface area contributed by atoms with Gasteiger partial charge in [-0.3, -0.25) is 14.6 Å². The van der Waals surface area contributed by atoms with E-state index < -0.39 is 11.3 Å². The van der Waals surface area contributed by atoms with Gasteiger partial charge in [-0.2, -0.15) is 0 Å². The molecule has 36 heavy (non-hydrogen) atoms. The van der Waals surface area contributed by atoms with E-state index >= 15 is 0 Å². The summed E-state index contributed by atoms with van der Waals surface area (Å²) < 4.78 is 5.19. The number of benzene rings is 3. The molecule has 182 valence electrons. The minimum absolute atomic E-state index is 0.125. The maximum atomic E-state index is 13.6. The minimum atomic E-state index is -0.535. The molecule has 2 amide bonds. The fourth-order valence-electron chi connectivity index (χ4n) is 4.20. The van der Waals surface area contributed by atoms with Crippen LogP contribution in [0.25, 0.3) is 0 Å². The Kier molecular flexibility index (Phi) is 6.86. The number of aliphatic imine (C=N–C) groups is 2. The number of ether oxygens (including phenoxy) is 1. The van der Waals surface area contributed by atoms with E-state index in [2.05, 4.69) is 5.32 Å². The van der Waals surface area contributed by atoms with Crippen LogP contribution in [-0.2, 0) is 16.0 Å². The molecule has 8 heteroatoms. The molecule has 0 aromatic heterocycles. The second-order valence-electron chi connectivity index (χ2n) is 8.48. The molecular formula is C28H26N4O3S. The number of amidine groups is 2. The maximum absolute atomic E-state index is 13.6. The molecule has 0 unspecified atom stereocenters. The molecule has 2 heterocycles. The number of para-hydroxylation sites is 1. The van der Waals surface area contributed by atoms with Crippen LogP contribution in [0.4, 0.5) is 11.4 Å². The van der Waals surface area contributed by atoms with Crippen molar-refractivity contribution in [3.63, 3.8) is 0 Å². The minimum Gasteiger partial charge on any atom is -0.497 e. The first-order valence-electron chi connectivity index (χ1n) is 11.8. The third kappa shape index (κ3) is 4.77. The molecule has 0 saturated carbocycles. The van der Waals surface area contributed by atoms with E-state index in [1.807, 2.05) is 61.5 Å². The summed E-state index contributed by atoms with van der Waals surface area (Å²) in [5.74, 6) is 1.04. The van der Waals surface area contributed by atoms with Crippen molar-refractivity contribution in [1.29, 1.82) is 0 Å². The monoisotopic (exact) mass is 498 g/mol. The zero-order chi connectivity index (χ0) is 25.1. The van der Waals surface area contributed by atoms with Crippen LogP contribution in [0.3, 0.4) is 0 Å². The van der Waals surface area contributed by atoms with Gasteiger partial charge in [-0.1, -0.05) is 61.2 Å². The topological polar surface area (TPSA) is 83.4 Å². The molecule has 3 aromatic carbocycles. The number of nitrogens with one attached hydrogen (secondary N) is 1. The van der Waals surface area contributed by atoms with Crippen molar-refractivity contribution >= 4 is 46.0 Å². The second kappa shape index (κ2) is 10.4. The molecule has 3 aromatic rings. The number of carbonyl (C=O) groups is 2. The van der Waals surface area contributed by atoms with E-state index in [9.17, 15) is 9.59 Å². The van der Waals surface area contributed by atoms with Crippen LogP contribution < -0.4 is 10.1 Å². The molecule has 2 atom stereocenters. The number of hydrogen-bond donors (Lipinski definition) is 1. The molecule has 0 radical (unpaired) electrons. The molecular weight excluding hydrogens is 472 g/mol. The fourth-order valence-corrected chi connectivity index (χ4v) is 5.22. The molecule has 5 rings (SSSR count). The molecule has 2 aliphatic rings. The lowest BCUT2D eigenvalue weighted by Crippen LogP contribution is -2.42. The van der Waals surface area contributed by atoms with Crippen LogP contribution in [-0.4, -0.2) is 46.1 Å². The van der Waals surface area contributed by atoms with E-state index in [4.69, 9.17) is 14.7 Å². The molecule has 0 saturated heterocycles. The van der Waals surface area contributed by atoms with Gasteiger partial charge in [-0.25, -0.2) is 9.89 Å². The number of nitrogens with zero attached hydrogens (tertiary/aromatic N) is 3. The van der Waals surface area contributed by atoms with Gasteiger partial charge >= 0.3 is 0 Å². The fraction of sp³-hybridized carbons (Fsp3) is 0.214. The summed E-state index contributed by atoms with van der Waals surface area (Å²) >= 11 is 1.29. The summed E-state index contributed by atoms with van der Waals surface area (Å²) in [5.41, 5.74) is 3.29. The number of carbonyl (C=O) groups excluding carboxylic acids is 2. The van der Waals surface area contributed by atoms with Gasteiger partial charge < -0.3 is 10.1 Å². The van der Waals surface area contributed by atoms with Gasteiger partial charge in [-0.15, -0.1) is 0 Å². The SMILES string of the molecule is CC[C@H](SC1=Nc2ccccc2C2=N[C@H](Cc3ccccc3)C(=O)N12)C(=O)Nc1ccc(OC)cc1. The lowest BCUT2D eigenvalue weighted by molar-refractivity contribution is -0.124. The van der Waals surface area contributed by atoms with Crippen molar-refractivity contribution in [2.24, 2.45) is 9.98 Å². The van der Waals surface area contributed by atoms with E-state index in [0.29, 0.717) is 35.3 Å². The van der Waals surface area contributed by atoms with Crippen LogP contribution in [0, 0.1) is 0 Å². The van der Waals surface area contributed by atoms with Crippen LogP contribution in [0.5, 0.6) is 5.75 Å². The smallest absolute Gasteiger partial charge is 0.259 e. The highest BCUT2D eigenvalue weighted by atomic mass is 32.2. The first-order valence-corrected chi connectivity index (χ1v) is 12.7. The van der Waals surface area contributed by atoms with Gasteiger partial charge in [0.15, 0.2) is 5.17 Å². The predicted molar refractivity (Wildman–Crippen MR) is 144 cm³/mol. The van der Waals surface area contributed by atoms with Gasteiger partial charge in [0.25, 0.3) is 5.91 Å². The summed E-state index contributed by atoms with van der Waals surface area (Å²) in [7, 11) is 1.60. The van der Waals surface area contributed by atoms with Gasteiger partial charge in [0.1, 0.15) is 17.6 Å². The normalized spacial score (nSPS) is 17.0. The third-order valence-electron chi connectivity index (χ3n) is 6.09. The van der Waals surface area contributed by atoms with E-state index in [1.54, 1.807) is 36.3 Å². The maximum Gasteiger partial charge on any atom is 0.259 e. The van der Waals surface area contributed by atoms with Crippen LogP contribution >= 0.6 is 11.8 Å². The Labute approximate surface area is 214 Å². The highest BCUT2D eigenvalue weighted by Crippen LogP contribution is 2.36. The Balaban J connectivity index is 1.40. The first-order chi connectivity index (χ1) is 17.6. The Bertz CT molecular complexity index is 1340. The van der Waals surface area contributed by atoms with Gasteiger partial charge in [0.2, 0.25) is 5.91 Å². The van der Waals surface area contributed by atoms with Crippen molar-refractivity contribution in [2.45, 2.75) is 31.1 Å². The molecule has 2 aliphatic heterocycles. The number of hydrogen-bond acceptors (Lipinski definition) is 6. The number of fused-ring (bicyclic) bond motifs is 3. The summed E-state index contributed by atoms with van der Waals surface area (Å²) in [6.07, 6.45) is 1.07.